The van der Waals surface area contributed by atoms with Gasteiger partial charge in [0.25, 0.3) is 11.8 Å². The van der Waals surface area contributed by atoms with E-state index in [1.807, 2.05) is 0 Å². The second-order valence-electron chi connectivity index (χ2n) is 7.11. The summed E-state index contributed by atoms with van der Waals surface area (Å²) >= 11 is 0. The zero-order chi connectivity index (χ0) is 23.8. The van der Waals surface area contributed by atoms with Crippen molar-refractivity contribution in [3.05, 3.63) is 59.7 Å². The molecule has 0 atom stereocenters. The number of nitrogens with one attached hydrogen (secondary N) is 2. The van der Waals surface area contributed by atoms with Gasteiger partial charge in [0.05, 0.1) is 7.11 Å². The third kappa shape index (κ3) is 7.60. The molecule has 0 saturated heterocycles. The third-order valence-corrected chi connectivity index (χ3v) is 4.48. The number of hydrogen-bond acceptors (Lipinski definition) is 6. The molecule has 2 aromatic carbocycles. The standard InChI is InChI=1S/C23H22F2N2O6/c1-31-19-11-14(5-9-18(19)33-23(24)25)6-10-21(29)32-13-20(28)26-17-4-2-3-15(12-17)22(30)27-16-7-8-16/h2-6,9-12,16,23H,7-8,13H2,1H3,(H,26,28)(H,27,30)/b10-6+. The highest BCUT2D eigenvalue weighted by Crippen LogP contribution is 2.29. The van der Waals surface area contributed by atoms with Crippen LogP contribution in [0.4, 0.5) is 14.5 Å². The van der Waals surface area contributed by atoms with Crippen molar-refractivity contribution in [3.8, 4) is 11.5 Å². The van der Waals surface area contributed by atoms with Crippen molar-refractivity contribution in [2.45, 2.75) is 25.5 Å². The Morgan fingerprint density at radius 1 is 1.12 bits per heavy atom. The van der Waals surface area contributed by atoms with Gasteiger partial charge in [0, 0.05) is 23.4 Å². The Bertz CT molecular complexity index is 1050. The molecule has 2 amide bonds. The lowest BCUT2D eigenvalue weighted by atomic mass is 10.2. The fourth-order valence-electron chi connectivity index (χ4n) is 2.76. The minimum atomic E-state index is -3.00. The van der Waals surface area contributed by atoms with Gasteiger partial charge in [-0.1, -0.05) is 12.1 Å². The molecular weight excluding hydrogens is 438 g/mol. The summed E-state index contributed by atoms with van der Waals surface area (Å²) in [6, 6.07) is 10.8. The molecule has 0 spiro atoms. The highest BCUT2D eigenvalue weighted by atomic mass is 19.3. The summed E-state index contributed by atoms with van der Waals surface area (Å²) in [6.45, 7) is -3.53. The van der Waals surface area contributed by atoms with Crippen molar-refractivity contribution >= 4 is 29.5 Å². The quantitative estimate of drug-likeness (QED) is 0.416. The fraction of sp³-hybridized carbons (Fsp3) is 0.261. The highest BCUT2D eigenvalue weighted by Gasteiger charge is 2.23. The van der Waals surface area contributed by atoms with Crippen molar-refractivity contribution < 1.29 is 37.4 Å². The minimum absolute atomic E-state index is 0.0678. The van der Waals surface area contributed by atoms with E-state index in [-0.39, 0.29) is 23.4 Å². The zero-order valence-corrected chi connectivity index (χ0v) is 17.7. The lowest BCUT2D eigenvalue weighted by Gasteiger charge is -2.10. The first-order valence-corrected chi connectivity index (χ1v) is 10.0. The Labute approximate surface area is 188 Å². The van der Waals surface area contributed by atoms with Crippen molar-refractivity contribution in [3.63, 3.8) is 0 Å². The number of ether oxygens (including phenoxy) is 3. The molecule has 0 heterocycles. The van der Waals surface area contributed by atoms with Crippen LogP contribution in [0.3, 0.4) is 0 Å². The number of amides is 2. The van der Waals surface area contributed by atoms with E-state index >= 15 is 0 Å². The molecule has 3 rings (SSSR count). The van der Waals surface area contributed by atoms with Gasteiger partial charge in [0.15, 0.2) is 18.1 Å². The minimum Gasteiger partial charge on any atom is -0.493 e. The molecule has 8 nitrogen and oxygen atoms in total. The van der Waals surface area contributed by atoms with Gasteiger partial charge in [-0.25, -0.2) is 4.79 Å². The first-order valence-electron chi connectivity index (χ1n) is 10.0. The first-order chi connectivity index (χ1) is 15.8. The lowest BCUT2D eigenvalue weighted by molar-refractivity contribution is -0.142. The Balaban J connectivity index is 1.49. The van der Waals surface area contributed by atoms with Gasteiger partial charge in [-0.15, -0.1) is 0 Å². The Morgan fingerprint density at radius 2 is 1.91 bits per heavy atom. The molecule has 33 heavy (non-hydrogen) atoms. The number of methoxy groups -OCH3 is 1. The van der Waals surface area contributed by atoms with E-state index in [1.165, 1.54) is 37.5 Å². The number of hydrogen-bond donors (Lipinski definition) is 2. The molecule has 0 radical (unpaired) electrons. The van der Waals surface area contributed by atoms with Crippen LogP contribution in [-0.4, -0.2) is 44.2 Å². The van der Waals surface area contributed by atoms with Gasteiger partial charge >= 0.3 is 12.6 Å². The number of esters is 1. The molecule has 0 aliphatic heterocycles. The smallest absolute Gasteiger partial charge is 0.387 e. The monoisotopic (exact) mass is 460 g/mol. The molecule has 1 fully saturated rings. The largest absolute Gasteiger partial charge is 0.493 e. The van der Waals surface area contributed by atoms with Crippen LogP contribution in [0.25, 0.3) is 6.08 Å². The maximum Gasteiger partial charge on any atom is 0.387 e. The molecule has 2 N–H and O–H groups in total. The van der Waals surface area contributed by atoms with Gasteiger partial charge < -0.3 is 24.8 Å². The molecule has 1 aliphatic carbocycles. The molecule has 0 aromatic heterocycles. The molecule has 10 heteroatoms. The normalized spacial score (nSPS) is 13.0. The summed E-state index contributed by atoms with van der Waals surface area (Å²) in [7, 11) is 1.29. The van der Waals surface area contributed by atoms with Crippen molar-refractivity contribution in [1.29, 1.82) is 0 Å². The number of halogens is 2. The van der Waals surface area contributed by atoms with Crippen LogP contribution in [-0.2, 0) is 14.3 Å². The maximum absolute atomic E-state index is 12.4. The van der Waals surface area contributed by atoms with Crippen molar-refractivity contribution in [2.75, 3.05) is 19.0 Å². The second-order valence-corrected chi connectivity index (χ2v) is 7.11. The van der Waals surface area contributed by atoms with E-state index in [4.69, 9.17) is 9.47 Å². The first kappa shape index (κ1) is 23.7. The third-order valence-electron chi connectivity index (χ3n) is 4.48. The molecule has 1 saturated carbocycles. The molecule has 174 valence electrons. The summed E-state index contributed by atoms with van der Waals surface area (Å²) in [5.41, 5.74) is 1.28. The molecule has 1 aliphatic rings. The van der Waals surface area contributed by atoms with E-state index in [9.17, 15) is 23.2 Å². The molecular formula is C23H22F2N2O6. The van der Waals surface area contributed by atoms with Gasteiger partial charge in [-0.05, 0) is 54.8 Å². The Hall–Kier alpha value is -3.95. The highest BCUT2D eigenvalue weighted by molar-refractivity contribution is 5.98. The average Bonchev–Trinajstić information content (AvgIpc) is 3.60. The maximum atomic E-state index is 12.4. The summed E-state index contributed by atoms with van der Waals surface area (Å²) in [6.07, 6.45) is 4.39. The number of anilines is 1. The number of rotatable bonds is 10. The van der Waals surface area contributed by atoms with Gasteiger partial charge in [0.2, 0.25) is 0 Å². The van der Waals surface area contributed by atoms with E-state index < -0.39 is 25.1 Å². The van der Waals surface area contributed by atoms with Crippen LogP contribution in [0, 0.1) is 0 Å². The molecule has 0 unspecified atom stereocenters. The predicted molar refractivity (Wildman–Crippen MR) is 115 cm³/mol. The Kier molecular flexibility index (Phi) is 7.96. The van der Waals surface area contributed by atoms with Crippen LogP contribution >= 0.6 is 0 Å². The summed E-state index contributed by atoms with van der Waals surface area (Å²) in [5, 5.41) is 5.42. The van der Waals surface area contributed by atoms with Crippen LogP contribution < -0.4 is 20.1 Å². The Morgan fingerprint density at radius 3 is 2.61 bits per heavy atom. The summed E-state index contributed by atoms with van der Waals surface area (Å²) < 4.78 is 39.0. The fourth-order valence-corrected chi connectivity index (χ4v) is 2.76. The van der Waals surface area contributed by atoms with E-state index in [2.05, 4.69) is 15.4 Å². The van der Waals surface area contributed by atoms with Crippen molar-refractivity contribution in [1.82, 2.24) is 5.32 Å². The number of alkyl halides is 2. The van der Waals surface area contributed by atoms with Crippen LogP contribution in [0.15, 0.2) is 48.5 Å². The molecule has 2 aromatic rings. The van der Waals surface area contributed by atoms with Gasteiger partial charge in [-0.2, -0.15) is 8.78 Å². The zero-order valence-electron chi connectivity index (χ0n) is 17.7. The van der Waals surface area contributed by atoms with E-state index in [0.717, 1.165) is 18.9 Å². The summed E-state index contributed by atoms with van der Waals surface area (Å²) in [4.78, 5) is 36.1. The van der Waals surface area contributed by atoms with Crippen LogP contribution in [0.1, 0.15) is 28.8 Å². The topological polar surface area (TPSA) is 103 Å². The average molecular weight is 460 g/mol. The van der Waals surface area contributed by atoms with Gasteiger partial charge in [-0.3, -0.25) is 9.59 Å². The van der Waals surface area contributed by atoms with Crippen LogP contribution in [0.2, 0.25) is 0 Å². The lowest BCUT2D eigenvalue weighted by Crippen LogP contribution is -2.25. The predicted octanol–water partition coefficient (Wildman–Crippen LogP) is 3.38. The van der Waals surface area contributed by atoms with Crippen molar-refractivity contribution in [2.24, 2.45) is 0 Å². The molecule has 0 bridgehead atoms. The number of carbonyl (C=O) groups excluding carboxylic acids is 3. The SMILES string of the molecule is COc1cc(/C=C/C(=O)OCC(=O)Nc2cccc(C(=O)NC3CC3)c2)ccc1OC(F)F. The summed E-state index contributed by atoms with van der Waals surface area (Å²) in [5.74, 6) is -1.65. The number of benzene rings is 2. The van der Waals surface area contributed by atoms with E-state index in [0.29, 0.717) is 16.8 Å². The van der Waals surface area contributed by atoms with E-state index in [1.54, 1.807) is 18.2 Å². The second kappa shape index (κ2) is 11.1. The van der Waals surface area contributed by atoms with Gasteiger partial charge in [0.1, 0.15) is 0 Å². The number of carbonyl (C=O) groups is 3. The van der Waals surface area contributed by atoms with Crippen LogP contribution in [0.5, 0.6) is 11.5 Å².